The van der Waals surface area contributed by atoms with Crippen molar-refractivity contribution in [3.05, 3.63) is 65.3 Å². The van der Waals surface area contributed by atoms with Crippen LogP contribution in [0.2, 0.25) is 0 Å². The van der Waals surface area contributed by atoms with Crippen molar-refractivity contribution in [2.45, 2.75) is 24.8 Å². The zero-order valence-electron chi connectivity index (χ0n) is 18.5. The molecule has 0 aliphatic rings. The second-order valence-electron chi connectivity index (χ2n) is 8.01. The summed E-state index contributed by atoms with van der Waals surface area (Å²) in [6, 6.07) is 9.84. The molecule has 0 aliphatic carbocycles. The van der Waals surface area contributed by atoms with Gasteiger partial charge in [0.25, 0.3) is 5.56 Å². The monoisotopic (exact) mass is 476 g/mol. The van der Waals surface area contributed by atoms with Crippen molar-refractivity contribution in [3.8, 4) is 11.4 Å². The molecule has 4 heterocycles. The standard InChI is InChI=1S/C22H20N8O3S/c1-13(2)29-12-14(11-24-29)19-27-20-15-7-6-9-17(34(3,32)33)18(15)26-22(30(20)28-19)25-16-8-4-5-10-23-21(16)31/h4-13H,1-3H3,(H,23,25,26,31). The van der Waals surface area contributed by atoms with E-state index in [-0.39, 0.29) is 28.1 Å². The summed E-state index contributed by atoms with van der Waals surface area (Å²) in [6.45, 7) is 4.02. The Labute approximate surface area is 194 Å². The van der Waals surface area contributed by atoms with Crippen molar-refractivity contribution in [1.29, 1.82) is 0 Å². The number of aromatic nitrogens is 7. The summed E-state index contributed by atoms with van der Waals surface area (Å²) in [5.41, 5.74) is 0.936. The van der Waals surface area contributed by atoms with Crippen LogP contribution >= 0.6 is 0 Å². The Kier molecular flexibility index (Phi) is 5.09. The van der Waals surface area contributed by atoms with Gasteiger partial charge >= 0.3 is 0 Å². The zero-order chi connectivity index (χ0) is 24.0. The van der Waals surface area contributed by atoms with E-state index in [2.05, 4.69) is 30.5 Å². The number of hydrogen-bond acceptors (Lipinski definition) is 9. The van der Waals surface area contributed by atoms with Crippen LogP contribution < -0.4 is 10.9 Å². The largest absolute Gasteiger partial charge is 0.319 e. The lowest BCUT2D eigenvalue weighted by Crippen LogP contribution is -2.12. The lowest BCUT2D eigenvalue weighted by molar-refractivity contribution is 0.532. The fourth-order valence-corrected chi connectivity index (χ4v) is 4.34. The average Bonchev–Trinajstić information content (AvgIpc) is 3.40. The number of benzene rings is 1. The lowest BCUT2D eigenvalue weighted by Gasteiger charge is -2.09. The second-order valence-corrected chi connectivity index (χ2v) is 9.99. The molecular weight excluding hydrogens is 456 g/mol. The number of para-hydroxylation sites is 1. The van der Waals surface area contributed by atoms with Crippen molar-refractivity contribution in [1.82, 2.24) is 34.3 Å². The maximum absolute atomic E-state index is 12.5. The van der Waals surface area contributed by atoms with Crippen LogP contribution in [0, 0.1) is 0 Å². The third-order valence-corrected chi connectivity index (χ3v) is 6.31. The van der Waals surface area contributed by atoms with E-state index in [0.717, 1.165) is 6.26 Å². The Morgan fingerprint density at radius 3 is 2.62 bits per heavy atom. The van der Waals surface area contributed by atoms with Crippen LogP contribution in [-0.2, 0) is 9.84 Å². The molecule has 5 aromatic rings. The summed E-state index contributed by atoms with van der Waals surface area (Å²) < 4.78 is 28.2. The Morgan fingerprint density at radius 1 is 1.06 bits per heavy atom. The molecule has 0 bridgehead atoms. The molecule has 1 aromatic carbocycles. The fraction of sp³-hybridized carbons (Fsp3) is 0.182. The molecule has 0 aliphatic heterocycles. The number of nitrogens with one attached hydrogen (secondary N) is 1. The fourth-order valence-electron chi connectivity index (χ4n) is 3.51. The first-order valence-corrected chi connectivity index (χ1v) is 12.3. The van der Waals surface area contributed by atoms with Gasteiger partial charge in [-0.15, -0.1) is 5.10 Å². The van der Waals surface area contributed by atoms with Crippen LogP contribution in [0.1, 0.15) is 19.9 Å². The van der Waals surface area contributed by atoms with Crippen LogP contribution in [0.4, 0.5) is 11.6 Å². The number of sulfone groups is 1. The van der Waals surface area contributed by atoms with Gasteiger partial charge in [0.05, 0.1) is 22.2 Å². The second kappa shape index (κ2) is 7.99. The van der Waals surface area contributed by atoms with Gasteiger partial charge in [0, 0.05) is 30.1 Å². The molecule has 0 saturated heterocycles. The van der Waals surface area contributed by atoms with Gasteiger partial charge in [-0.25, -0.2) is 23.4 Å². The number of fused-ring (bicyclic) bond motifs is 3. The third kappa shape index (κ3) is 3.77. The molecule has 12 heteroatoms. The third-order valence-electron chi connectivity index (χ3n) is 5.18. The van der Waals surface area contributed by atoms with Gasteiger partial charge in [-0.05, 0) is 38.1 Å². The molecule has 34 heavy (non-hydrogen) atoms. The van der Waals surface area contributed by atoms with Gasteiger partial charge in [0.2, 0.25) is 5.95 Å². The van der Waals surface area contributed by atoms with E-state index in [1.165, 1.54) is 16.8 Å². The summed E-state index contributed by atoms with van der Waals surface area (Å²) in [5, 5.41) is 12.4. The molecule has 0 spiro atoms. The number of nitrogens with zero attached hydrogens (tertiary/aromatic N) is 7. The molecule has 0 saturated carbocycles. The summed E-state index contributed by atoms with van der Waals surface area (Å²) in [5.74, 6) is 0.506. The van der Waals surface area contributed by atoms with Crippen molar-refractivity contribution in [2.24, 2.45) is 0 Å². The first-order valence-electron chi connectivity index (χ1n) is 10.4. The maximum Gasteiger partial charge on any atom is 0.293 e. The zero-order valence-corrected chi connectivity index (χ0v) is 19.4. The summed E-state index contributed by atoms with van der Waals surface area (Å²) >= 11 is 0. The minimum Gasteiger partial charge on any atom is -0.319 e. The summed E-state index contributed by atoms with van der Waals surface area (Å²) in [6.07, 6.45) is 6.00. The highest BCUT2D eigenvalue weighted by atomic mass is 32.2. The van der Waals surface area contributed by atoms with E-state index in [4.69, 9.17) is 0 Å². The number of anilines is 2. The van der Waals surface area contributed by atoms with Crippen LogP contribution in [0.15, 0.2) is 64.7 Å². The maximum atomic E-state index is 12.5. The van der Waals surface area contributed by atoms with Crippen LogP contribution in [-0.4, -0.2) is 49.0 Å². The summed E-state index contributed by atoms with van der Waals surface area (Å²) in [7, 11) is -3.59. The summed E-state index contributed by atoms with van der Waals surface area (Å²) in [4.78, 5) is 25.5. The van der Waals surface area contributed by atoms with E-state index in [0.29, 0.717) is 22.4 Å². The minimum absolute atomic E-state index is 0.0480. The quantitative estimate of drug-likeness (QED) is 0.406. The molecule has 0 fully saturated rings. The molecule has 5 rings (SSSR count). The molecule has 0 radical (unpaired) electrons. The van der Waals surface area contributed by atoms with Gasteiger partial charge in [-0.2, -0.15) is 9.61 Å². The molecule has 0 unspecified atom stereocenters. The van der Waals surface area contributed by atoms with E-state index in [1.807, 2.05) is 20.0 Å². The number of hydrogen-bond donors (Lipinski definition) is 1. The molecule has 11 nitrogen and oxygen atoms in total. The Bertz CT molecular complexity index is 1720. The SMILES string of the molecule is CC(C)n1cc(-c2nc3c4cccc(S(C)(=O)=O)c4nc(Nc4ccccnc4=O)n3n2)cn1. The van der Waals surface area contributed by atoms with Crippen LogP contribution in [0.3, 0.4) is 0 Å². The first kappa shape index (κ1) is 21.6. The normalized spacial score (nSPS) is 12.0. The minimum atomic E-state index is -3.59. The predicted molar refractivity (Wildman–Crippen MR) is 127 cm³/mol. The van der Waals surface area contributed by atoms with Crippen LogP contribution in [0.5, 0.6) is 0 Å². The van der Waals surface area contributed by atoms with Crippen LogP contribution in [0.25, 0.3) is 27.9 Å². The molecule has 0 atom stereocenters. The first-order chi connectivity index (χ1) is 16.2. The van der Waals surface area contributed by atoms with E-state index in [9.17, 15) is 13.2 Å². The van der Waals surface area contributed by atoms with Crippen molar-refractivity contribution in [3.63, 3.8) is 0 Å². The highest BCUT2D eigenvalue weighted by molar-refractivity contribution is 7.91. The molecule has 0 amide bonds. The van der Waals surface area contributed by atoms with E-state index >= 15 is 0 Å². The highest BCUT2D eigenvalue weighted by Crippen LogP contribution is 2.29. The van der Waals surface area contributed by atoms with Gasteiger partial charge in [-0.3, -0.25) is 9.48 Å². The molecule has 4 aromatic heterocycles. The molecule has 172 valence electrons. The van der Waals surface area contributed by atoms with Gasteiger partial charge < -0.3 is 5.32 Å². The number of rotatable bonds is 5. The van der Waals surface area contributed by atoms with Crippen molar-refractivity contribution in [2.75, 3.05) is 11.6 Å². The van der Waals surface area contributed by atoms with Gasteiger partial charge in [-0.1, -0.05) is 12.1 Å². The van der Waals surface area contributed by atoms with E-state index < -0.39 is 15.4 Å². The van der Waals surface area contributed by atoms with Crippen molar-refractivity contribution < 1.29 is 8.42 Å². The molecule has 1 N–H and O–H groups in total. The highest BCUT2D eigenvalue weighted by Gasteiger charge is 2.21. The predicted octanol–water partition coefficient (Wildman–Crippen LogP) is 2.62. The Hall–Kier alpha value is -4.19. The van der Waals surface area contributed by atoms with Gasteiger partial charge in [0.15, 0.2) is 21.3 Å². The molecular formula is C22H20N8O3S. The lowest BCUT2D eigenvalue weighted by atomic mass is 10.2. The topological polar surface area (TPSA) is 137 Å². The Balaban J connectivity index is 1.81. The van der Waals surface area contributed by atoms with Gasteiger partial charge in [0.1, 0.15) is 5.69 Å². The van der Waals surface area contributed by atoms with Crippen molar-refractivity contribution >= 4 is 38.0 Å². The Morgan fingerprint density at radius 2 is 1.88 bits per heavy atom. The smallest absolute Gasteiger partial charge is 0.293 e. The average molecular weight is 477 g/mol. The van der Waals surface area contributed by atoms with E-state index in [1.54, 1.807) is 41.2 Å².